The minimum atomic E-state index is 0.433. The highest BCUT2D eigenvalue weighted by Gasteiger charge is 2.28. The van der Waals surface area contributed by atoms with Crippen molar-refractivity contribution in [3.63, 3.8) is 0 Å². The maximum Gasteiger partial charge on any atom is 0.214 e. The van der Waals surface area contributed by atoms with Crippen LogP contribution < -0.4 is 5.73 Å². The fourth-order valence-electron chi connectivity index (χ4n) is 1.61. The molecule has 2 N–H and O–H groups in total. The molecule has 1 aromatic heterocycles. The smallest absolute Gasteiger partial charge is 0.214 e. The summed E-state index contributed by atoms with van der Waals surface area (Å²) in [5.41, 5.74) is 7.03. The van der Waals surface area contributed by atoms with Gasteiger partial charge in [-0.2, -0.15) is 5.26 Å². The van der Waals surface area contributed by atoms with Crippen molar-refractivity contribution in [1.82, 2.24) is 20.2 Å². The molecule has 18 heavy (non-hydrogen) atoms. The van der Waals surface area contributed by atoms with Crippen molar-refractivity contribution in [2.24, 2.45) is 0 Å². The van der Waals surface area contributed by atoms with E-state index in [1.807, 2.05) is 10.7 Å². The van der Waals surface area contributed by atoms with Crippen LogP contribution in [0.25, 0.3) is 0 Å². The molecule has 0 radical (unpaired) electrons. The van der Waals surface area contributed by atoms with Crippen LogP contribution in [0.3, 0.4) is 0 Å². The van der Waals surface area contributed by atoms with Crippen molar-refractivity contribution < 1.29 is 0 Å². The summed E-state index contributed by atoms with van der Waals surface area (Å²) >= 11 is 1.43. The molecule has 0 spiro atoms. The van der Waals surface area contributed by atoms with Gasteiger partial charge in [-0.05, 0) is 53.2 Å². The maximum atomic E-state index is 8.79. The molecule has 1 aliphatic carbocycles. The second-order valence-corrected chi connectivity index (χ2v) is 5.11. The zero-order valence-electron chi connectivity index (χ0n) is 9.45. The topological polar surface area (TPSA) is 93.4 Å². The van der Waals surface area contributed by atoms with Gasteiger partial charge in [-0.15, -0.1) is 5.10 Å². The van der Waals surface area contributed by atoms with Crippen LogP contribution in [0.2, 0.25) is 0 Å². The molecular weight excluding hydrogens is 248 g/mol. The second kappa shape index (κ2) is 4.31. The lowest BCUT2D eigenvalue weighted by Crippen LogP contribution is -1.99. The van der Waals surface area contributed by atoms with E-state index in [-0.39, 0.29) is 0 Å². The minimum Gasteiger partial charge on any atom is -0.398 e. The summed E-state index contributed by atoms with van der Waals surface area (Å²) < 4.78 is 1.84. The normalized spacial score (nSPS) is 14.4. The van der Waals surface area contributed by atoms with E-state index in [1.165, 1.54) is 11.8 Å². The molecule has 1 heterocycles. The third-order valence-electron chi connectivity index (χ3n) is 2.70. The van der Waals surface area contributed by atoms with E-state index >= 15 is 0 Å². The number of hydrogen-bond acceptors (Lipinski definition) is 6. The van der Waals surface area contributed by atoms with Gasteiger partial charge in [0.05, 0.1) is 17.7 Å². The number of nitrogens with two attached hydrogens (primary N) is 1. The molecule has 0 atom stereocenters. The number of hydrogen-bond donors (Lipinski definition) is 1. The average molecular weight is 258 g/mol. The van der Waals surface area contributed by atoms with Crippen molar-refractivity contribution in [2.75, 3.05) is 5.73 Å². The lowest BCUT2D eigenvalue weighted by molar-refractivity contribution is 0.565. The Bertz CT molecular complexity index is 625. The van der Waals surface area contributed by atoms with Crippen molar-refractivity contribution in [3.05, 3.63) is 23.8 Å². The summed E-state index contributed by atoms with van der Waals surface area (Å²) in [7, 11) is 0. The van der Waals surface area contributed by atoms with Gasteiger partial charge in [0.15, 0.2) is 0 Å². The number of rotatable bonds is 3. The lowest BCUT2D eigenvalue weighted by Gasteiger charge is -2.05. The first kappa shape index (κ1) is 11.0. The molecule has 7 heteroatoms. The second-order valence-electron chi connectivity index (χ2n) is 4.10. The SMILES string of the molecule is N#Cc1ccc(Sc2nnnn2C2CC2)c(N)c1. The molecule has 0 unspecified atom stereocenters. The standard InChI is InChI=1S/C11H10N6S/c12-6-7-1-4-10(9(13)5-7)18-11-14-15-16-17(11)8-2-3-8/h1,4-5,8H,2-3,13H2. The predicted molar refractivity (Wildman–Crippen MR) is 65.8 cm³/mol. The zero-order valence-corrected chi connectivity index (χ0v) is 10.3. The Hall–Kier alpha value is -2.07. The van der Waals surface area contributed by atoms with Crippen LogP contribution in [0.4, 0.5) is 5.69 Å². The number of anilines is 1. The van der Waals surface area contributed by atoms with E-state index in [0.29, 0.717) is 17.3 Å². The highest BCUT2D eigenvalue weighted by atomic mass is 32.2. The molecule has 0 bridgehead atoms. The fourth-order valence-corrected chi connectivity index (χ4v) is 2.48. The molecule has 90 valence electrons. The molecule has 0 saturated heterocycles. The summed E-state index contributed by atoms with van der Waals surface area (Å²) in [4.78, 5) is 0.866. The lowest BCUT2D eigenvalue weighted by atomic mass is 10.2. The van der Waals surface area contributed by atoms with Gasteiger partial charge in [-0.25, -0.2) is 4.68 Å². The predicted octanol–water partition coefficient (Wildman–Crippen LogP) is 1.61. The summed E-state index contributed by atoms with van der Waals surface area (Å²) in [5.74, 6) is 0. The van der Waals surface area contributed by atoms with E-state index < -0.39 is 0 Å². The van der Waals surface area contributed by atoms with Gasteiger partial charge >= 0.3 is 0 Å². The van der Waals surface area contributed by atoms with Crippen LogP contribution >= 0.6 is 11.8 Å². The fraction of sp³-hybridized carbons (Fsp3) is 0.273. The first-order chi connectivity index (χ1) is 8.78. The first-order valence-electron chi connectivity index (χ1n) is 5.53. The summed E-state index contributed by atoms with van der Waals surface area (Å²) in [6.07, 6.45) is 2.25. The summed E-state index contributed by atoms with van der Waals surface area (Å²) in [5, 5.41) is 21.2. The first-order valence-corrected chi connectivity index (χ1v) is 6.35. The largest absolute Gasteiger partial charge is 0.398 e. The molecule has 0 amide bonds. The zero-order chi connectivity index (χ0) is 12.5. The Morgan fingerprint density at radius 1 is 1.44 bits per heavy atom. The van der Waals surface area contributed by atoms with Gasteiger partial charge in [-0.1, -0.05) is 0 Å². The third kappa shape index (κ3) is 2.02. The molecule has 1 fully saturated rings. The summed E-state index contributed by atoms with van der Waals surface area (Å²) in [6, 6.07) is 7.72. The average Bonchev–Trinajstić information content (AvgIpc) is 3.12. The van der Waals surface area contributed by atoms with Crippen molar-refractivity contribution in [2.45, 2.75) is 28.9 Å². The van der Waals surface area contributed by atoms with Crippen LogP contribution in [0, 0.1) is 11.3 Å². The van der Waals surface area contributed by atoms with Crippen molar-refractivity contribution >= 4 is 17.4 Å². The monoisotopic (exact) mass is 258 g/mol. The number of aromatic nitrogens is 4. The van der Waals surface area contributed by atoms with Crippen molar-refractivity contribution in [3.8, 4) is 6.07 Å². The maximum absolute atomic E-state index is 8.79. The van der Waals surface area contributed by atoms with Gasteiger partial charge in [0.25, 0.3) is 0 Å². The highest BCUT2D eigenvalue weighted by molar-refractivity contribution is 7.99. The Balaban J connectivity index is 1.88. The molecular formula is C11H10N6S. The summed E-state index contributed by atoms with van der Waals surface area (Å²) in [6.45, 7) is 0. The van der Waals surface area contributed by atoms with Gasteiger partial charge in [0.2, 0.25) is 5.16 Å². The van der Waals surface area contributed by atoms with Crippen LogP contribution in [-0.2, 0) is 0 Å². The third-order valence-corrected chi connectivity index (χ3v) is 3.74. The molecule has 0 aliphatic heterocycles. The Morgan fingerprint density at radius 3 is 2.94 bits per heavy atom. The Labute approximate surface area is 108 Å². The number of nitrogens with zero attached hydrogens (tertiary/aromatic N) is 5. The van der Waals surface area contributed by atoms with Crippen LogP contribution in [-0.4, -0.2) is 20.2 Å². The van der Waals surface area contributed by atoms with Crippen LogP contribution in [0.5, 0.6) is 0 Å². The van der Waals surface area contributed by atoms with Gasteiger partial charge < -0.3 is 5.73 Å². The number of benzene rings is 1. The quantitative estimate of drug-likeness (QED) is 0.841. The Morgan fingerprint density at radius 2 is 2.28 bits per heavy atom. The van der Waals surface area contributed by atoms with Crippen LogP contribution in [0.15, 0.2) is 28.3 Å². The molecule has 6 nitrogen and oxygen atoms in total. The minimum absolute atomic E-state index is 0.433. The van der Waals surface area contributed by atoms with Crippen LogP contribution in [0.1, 0.15) is 24.4 Å². The number of nitrogen functional groups attached to an aromatic ring is 1. The van der Waals surface area contributed by atoms with E-state index in [9.17, 15) is 0 Å². The molecule has 1 aromatic carbocycles. The van der Waals surface area contributed by atoms with Crippen molar-refractivity contribution in [1.29, 1.82) is 5.26 Å². The highest BCUT2D eigenvalue weighted by Crippen LogP contribution is 2.39. The molecule has 3 rings (SSSR count). The molecule has 1 saturated carbocycles. The van der Waals surface area contributed by atoms with Gasteiger partial charge in [-0.3, -0.25) is 0 Å². The molecule has 1 aliphatic rings. The van der Waals surface area contributed by atoms with E-state index in [0.717, 1.165) is 22.9 Å². The number of nitriles is 1. The van der Waals surface area contributed by atoms with E-state index in [2.05, 4.69) is 21.6 Å². The number of tetrazole rings is 1. The van der Waals surface area contributed by atoms with Gasteiger partial charge in [0, 0.05) is 10.6 Å². The van der Waals surface area contributed by atoms with E-state index in [1.54, 1.807) is 12.1 Å². The Kier molecular flexibility index (Phi) is 2.64. The molecule has 2 aromatic rings. The van der Waals surface area contributed by atoms with E-state index in [4.69, 9.17) is 11.0 Å². The van der Waals surface area contributed by atoms with Gasteiger partial charge in [0.1, 0.15) is 0 Å².